The maximum Gasteiger partial charge on any atom is 0.226 e. The van der Waals surface area contributed by atoms with Crippen LogP contribution in [0.2, 0.25) is 0 Å². The van der Waals surface area contributed by atoms with Crippen molar-refractivity contribution >= 4 is 39.1 Å². The average molecular weight is 392 g/mol. The lowest BCUT2D eigenvalue weighted by atomic mass is 10.1. The summed E-state index contributed by atoms with van der Waals surface area (Å²) in [7, 11) is 0. The highest BCUT2D eigenvalue weighted by molar-refractivity contribution is 7.13. The molecule has 0 saturated heterocycles. The van der Waals surface area contributed by atoms with E-state index in [9.17, 15) is 4.79 Å². The van der Waals surface area contributed by atoms with Crippen LogP contribution in [0.25, 0.3) is 10.9 Å². The van der Waals surface area contributed by atoms with Crippen molar-refractivity contribution in [3.63, 3.8) is 0 Å². The Morgan fingerprint density at radius 1 is 1.25 bits per heavy atom. The number of fused-ring (bicyclic) bond motifs is 1. The van der Waals surface area contributed by atoms with Crippen LogP contribution in [-0.2, 0) is 17.6 Å². The van der Waals surface area contributed by atoms with Crippen molar-refractivity contribution < 1.29 is 4.79 Å². The first-order valence-corrected chi connectivity index (χ1v) is 10.0. The fraction of sp³-hybridized carbons (Fsp3) is 0.190. The second-order valence-corrected chi connectivity index (χ2v) is 7.48. The molecular weight excluding hydrogens is 370 g/mol. The maximum absolute atomic E-state index is 12.2. The first-order valence-electron chi connectivity index (χ1n) is 9.13. The first-order chi connectivity index (χ1) is 13.7. The molecule has 6 nitrogen and oxygen atoms in total. The van der Waals surface area contributed by atoms with E-state index >= 15 is 0 Å². The first kappa shape index (κ1) is 18.2. The zero-order valence-corrected chi connectivity index (χ0v) is 16.3. The van der Waals surface area contributed by atoms with E-state index < -0.39 is 0 Å². The molecule has 4 rings (SSSR count). The number of aromatic nitrogens is 3. The number of para-hydroxylation sites is 1. The van der Waals surface area contributed by atoms with E-state index in [0.717, 1.165) is 34.1 Å². The Bertz CT molecular complexity index is 1100. The predicted octanol–water partition coefficient (Wildman–Crippen LogP) is 3.97. The number of amides is 1. The zero-order chi connectivity index (χ0) is 19.3. The molecule has 3 N–H and O–H groups in total. The number of carbonyl (C=O) groups is 1. The summed E-state index contributed by atoms with van der Waals surface area (Å²) in [6, 6.07) is 12.1. The standard InChI is InChI=1S/C21H21N5OS/c1-14-6-8-22-19(10-14)26-21-25-16(13-28-21)11-20(27)23-9-7-15-12-24-18-5-3-2-4-17(15)18/h2-6,8,10,12-13,24H,7,9,11H2,1H3,(H,23,27)(H,22,25,26). The summed E-state index contributed by atoms with van der Waals surface area (Å²) in [5.41, 5.74) is 4.21. The molecular formula is C21H21N5OS. The number of benzene rings is 1. The van der Waals surface area contributed by atoms with Crippen LogP contribution in [0.15, 0.2) is 54.2 Å². The molecule has 0 unspecified atom stereocenters. The number of aromatic amines is 1. The number of hydrogen-bond donors (Lipinski definition) is 3. The van der Waals surface area contributed by atoms with Gasteiger partial charge in [0, 0.05) is 35.2 Å². The van der Waals surface area contributed by atoms with Crippen LogP contribution in [0, 0.1) is 6.92 Å². The predicted molar refractivity (Wildman–Crippen MR) is 113 cm³/mol. The molecule has 0 saturated carbocycles. The zero-order valence-electron chi connectivity index (χ0n) is 15.5. The second-order valence-electron chi connectivity index (χ2n) is 6.62. The van der Waals surface area contributed by atoms with Crippen LogP contribution < -0.4 is 10.6 Å². The molecule has 28 heavy (non-hydrogen) atoms. The van der Waals surface area contributed by atoms with Gasteiger partial charge in [0.2, 0.25) is 5.91 Å². The third-order valence-corrected chi connectivity index (χ3v) is 5.24. The monoisotopic (exact) mass is 391 g/mol. The van der Waals surface area contributed by atoms with Crippen molar-refractivity contribution in [3.05, 3.63) is 71.0 Å². The largest absolute Gasteiger partial charge is 0.361 e. The lowest BCUT2D eigenvalue weighted by molar-refractivity contribution is -0.120. The molecule has 7 heteroatoms. The minimum absolute atomic E-state index is 0.0228. The van der Waals surface area contributed by atoms with Gasteiger partial charge in [0.1, 0.15) is 5.82 Å². The number of nitrogens with zero attached hydrogens (tertiary/aromatic N) is 2. The number of H-pyrrole nitrogens is 1. The van der Waals surface area contributed by atoms with E-state index in [2.05, 4.69) is 37.7 Å². The van der Waals surface area contributed by atoms with Gasteiger partial charge in [-0.3, -0.25) is 4.79 Å². The Hall–Kier alpha value is -3.19. The fourth-order valence-electron chi connectivity index (χ4n) is 3.06. The topological polar surface area (TPSA) is 82.7 Å². The number of aryl methyl sites for hydroxylation is 1. The highest BCUT2D eigenvalue weighted by Crippen LogP contribution is 2.20. The van der Waals surface area contributed by atoms with E-state index in [-0.39, 0.29) is 12.3 Å². The molecule has 3 heterocycles. The Balaban J connectivity index is 1.28. The molecule has 0 atom stereocenters. The molecule has 0 aliphatic carbocycles. The highest BCUT2D eigenvalue weighted by atomic mass is 32.1. The molecule has 3 aromatic heterocycles. The van der Waals surface area contributed by atoms with Gasteiger partial charge >= 0.3 is 0 Å². The number of anilines is 2. The molecule has 0 bridgehead atoms. The van der Waals surface area contributed by atoms with Crippen LogP contribution in [-0.4, -0.2) is 27.4 Å². The normalized spacial score (nSPS) is 10.9. The van der Waals surface area contributed by atoms with Crippen LogP contribution in [0.1, 0.15) is 16.8 Å². The van der Waals surface area contributed by atoms with Gasteiger partial charge in [-0.25, -0.2) is 9.97 Å². The number of pyridine rings is 1. The Morgan fingerprint density at radius 2 is 2.14 bits per heavy atom. The smallest absolute Gasteiger partial charge is 0.226 e. The molecule has 1 amide bonds. The second kappa shape index (κ2) is 8.22. The quantitative estimate of drug-likeness (QED) is 0.445. The summed E-state index contributed by atoms with van der Waals surface area (Å²) in [4.78, 5) is 24.2. The van der Waals surface area contributed by atoms with E-state index in [1.54, 1.807) is 6.20 Å². The molecule has 0 aliphatic heterocycles. The summed E-state index contributed by atoms with van der Waals surface area (Å²) >= 11 is 1.47. The Morgan fingerprint density at radius 3 is 3.04 bits per heavy atom. The number of carbonyl (C=O) groups excluding carboxylic acids is 1. The molecule has 0 radical (unpaired) electrons. The van der Waals surface area contributed by atoms with Gasteiger partial charge in [-0.1, -0.05) is 18.2 Å². The SMILES string of the molecule is Cc1ccnc(Nc2nc(CC(=O)NCCc3c[nH]c4ccccc34)cs2)c1. The summed E-state index contributed by atoms with van der Waals surface area (Å²) in [6.45, 7) is 2.61. The van der Waals surface area contributed by atoms with Gasteiger partial charge in [-0.15, -0.1) is 11.3 Å². The van der Waals surface area contributed by atoms with E-state index in [0.29, 0.717) is 6.54 Å². The molecule has 142 valence electrons. The number of rotatable bonds is 7. The van der Waals surface area contributed by atoms with Crippen molar-refractivity contribution in [2.24, 2.45) is 0 Å². The molecule has 1 aromatic carbocycles. The molecule has 0 fully saturated rings. The van der Waals surface area contributed by atoms with Crippen LogP contribution in [0.4, 0.5) is 10.9 Å². The molecule has 4 aromatic rings. The summed E-state index contributed by atoms with van der Waals surface area (Å²) in [6.07, 6.45) is 4.83. The number of hydrogen-bond acceptors (Lipinski definition) is 5. The summed E-state index contributed by atoms with van der Waals surface area (Å²) in [5.74, 6) is 0.731. The Labute approximate surface area is 167 Å². The van der Waals surface area contributed by atoms with Crippen molar-refractivity contribution in [3.8, 4) is 0 Å². The lowest BCUT2D eigenvalue weighted by Gasteiger charge is -2.04. The van der Waals surface area contributed by atoms with Crippen LogP contribution in [0.3, 0.4) is 0 Å². The minimum atomic E-state index is -0.0228. The van der Waals surface area contributed by atoms with Crippen LogP contribution in [0.5, 0.6) is 0 Å². The van der Waals surface area contributed by atoms with Gasteiger partial charge in [0.25, 0.3) is 0 Å². The highest BCUT2D eigenvalue weighted by Gasteiger charge is 2.09. The third kappa shape index (κ3) is 4.37. The van der Waals surface area contributed by atoms with E-state index in [1.807, 2.05) is 42.8 Å². The molecule has 0 aliphatic rings. The maximum atomic E-state index is 12.2. The average Bonchev–Trinajstić information content (AvgIpc) is 3.29. The van der Waals surface area contributed by atoms with Gasteiger partial charge in [-0.2, -0.15) is 0 Å². The van der Waals surface area contributed by atoms with Crippen LogP contribution >= 0.6 is 11.3 Å². The van der Waals surface area contributed by atoms with Gasteiger partial charge in [0.15, 0.2) is 5.13 Å². The minimum Gasteiger partial charge on any atom is -0.361 e. The van der Waals surface area contributed by atoms with Crippen molar-refractivity contribution in [1.82, 2.24) is 20.3 Å². The molecule has 0 spiro atoms. The van der Waals surface area contributed by atoms with E-state index in [4.69, 9.17) is 0 Å². The van der Waals surface area contributed by atoms with Gasteiger partial charge in [0.05, 0.1) is 12.1 Å². The van der Waals surface area contributed by atoms with E-state index in [1.165, 1.54) is 22.3 Å². The summed E-state index contributed by atoms with van der Waals surface area (Å²) < 4.78 is 0. The lowest BCUT2D eigenvalue weighted by Crippen LogP contribution is -2.27. The van der Waals surface area contributed by atoms with Gasteiger partial charge < -0.3 is 15.6 Å². The van der Waals surface area contributed by atoms with Gasteiger partial charge in [-0.05, 0) is 42.7 Å². The summed E-state index contributed by atoms with van der Waals surface area (Å²) in [5, 5.41) is 10.00. The van der Waals surface area contributed by atoms with Crippen molar-refractivity contribution in [2.75, 3.05) is 11.9 Å². The third-order valence-electron chi connectivity index (χ3n) is 4.44. The fourth-order valence-corrected chi connectivity index (χ4v) is 3.78. The number of nitrogens with one attached hydrogen (secondary N) is 3. The van der Waals surface area contributed by atoms with Crippen molar-refractivity contribution in [2.45, 2.75) is 19.8 Å². The number of thiazole rings is 1. The Kier molecular flexibility index (Phi) is 5.34. The van der Waals surface area contributed by atoms with Crippen molar-refractivity contribution in [1.29, 1.82) is 0 Å².